The van der Waals surface area contributed by atoms with E-state index in [0.29, 0.717) is 0 Å². The zero-order chi connectivity index (χ0) is 14.7. The van der Waals surface area contributed by atoms with Crippen molar-refractivity contribution in [1.29, 1.82) is 0 Å². The van der Waals surface area contributed by atoms with Crippen LogP contribution in [0.4, 0.5) is 0 Å². The summed E-state index contributed by atoms with van der Waals surface area (Å²) in [5.74, 6) is 0.857. The number of hydrogen-bond acceptors (Lipinski definition) is 2. The number of unbranched alkanes of at least 4 members (excludes halogenated alkanes) is 3. The van der Waals surface area contributed by atoms with E-state index >= 15 is 0 Å². The molecular formula is C16H32N2OSn. The van der Waals surface area contributed by atoms with Crippen molar-refractivity contribution in [1.82, 2.24) is 10.2 Å². The molecule has 0 saturated carbocycles. The van der Waals surface area contributed by atoms with Crippen molar-refractivity contribution in [2.24, 2.45) is 0 Å². The van der Waals surface area contributed by atoms with Crippen molar-refractivity contribution in [2.75, 3.05) is 4.62 Å². The molecule has 1 heterocycles. The summed E-state index contributed by atoms with van der Waals surface area (Å²) in [7, 11) is 0. The Morgan fingerprint density at radius 2 is 1.55 bits per heavy atom. The van der Waals surface area contributed by atoms with E-state index in [1.807, 2.05) is 6.07 Å². The van der Waals surface area contributed by atoms with Crippen LogP contribution in [0.3, 0.4) is 0 Å². The minimum absolute atomic E-state index is 0.857. The maximum atomic E-state index is 6.08. The second kappa shape index (κ2) is 10.5. The van der Waals surface area contributed by atoms with E-state index in [1.54, 1.807) is 6.20 Å². The zero-order valence-corrected chi connectivity index (χ0v) is 16.4. The summed E-state index contributed by atoms with van der Waals surface area (Å²) in [5.41, 5.74) is 0. The number of nitrogens with zero attached hydrogens (tertiary/aromatic N) is 1. The van der Waals surface area contributed by atoms with Gasteiger partial charge >= 0.3 is 129 Å². The van der Waals surface area contributed by atoms with Gasteiger partial charge in [0.15, 0.2) is 0 Å². The standard InChI is InChI=1S/C4H5N2O.3C4H9.Sn/c1-7-4-2-3-5-6-4;3*1-3-4-2;/h2-3H,1H2,(H,5,6);3*1,3-4H2,2H3;. The third kappa shape index (κ3) is 6.51. The molecule has 0 atom stereocenters. The minimum atomic E-state index is -2.12. The van der Waals surface area contributed by atoms with Crippen LogP contribution in [0.2, 0.25) is 13.3 Å². The molecule has 0 aliphatic rings. The number of rotatable bonds is 12. The third-order valence-corrected chi connectivity index (χ3v) is 18.5. The fraction of sp³-hybridized carbons (Fsp3) is 0.812. The molecule has 1 aromatic heterocycles. The van der Waals surface area contributed by atoms with Crippen LogP contribution < -0.4 is 4.74 Å². The Morgan fingerprint density at radius 3 is 1.95 bits per heavy atom. The Hall–Kier alpha value is -0.191. The van der Waals surface area contributed by atoms with Gasteiger partial charge in [-0.3, -0.25) is 0 Å². The summed E-state index contributed by atoms with van der Waals surface area (Å²) in [4.78, 5) is 0. The summed E-state index contributed by atoms with van der Waals surface area (Å²) in [6.07, 6.45) is 9.93. The molecular weight excluding hydrogens is 355 g/mol. The van der Waals surface area contributed by atoms with Gasteiger partial charge in [0.25, 0.3) is 0 Å². The average molecular weight is 387 g/mol. The number of H-pyrrole nitrogens is 1. The zero-order valence-electron chi connectivity index (χ0n) is 13.6. The molecule has 0 fully saturated rings. The van der Waals surface area contributed by atoms with Crippen LogP contribution in [0.25, 0.3) is 0 Å². The van der Waals surface area contributed by atoms with Gasteiger partial charge in [-0.2, -0.15) is 0 Å². The van der Waals surface area contributed by atoms with Gasteiger partial charge in [-0.1, -0.05) is 0 Å². The summed E-state index contributed by atoms with van der Waals surface area (Å²) < 4.78 is 11.6. The number of hydrogen-bond donors (Lipinski definition) is 1. The van der Waals surface area contributed by atoms with Crippen LogP contribution >= 0.6 is 0 Å². The fourth-order valence-corrected chi connectivity index (χ4v) is 16.9. The van der Waals surface area contributed by atoms with Crippen molar-refractivity contribution < 1.29 is 4.74 Å². The molecule has 0 aliphatic carbocycles. The van der Waals surface area contributed by atoms with Crippen LogP contribution in [0.5, 0.6) is 5.88 Å². The Kier molecular flexibility index (Phi) is 9.40. The molecule has 4 heteroatoms. The molecule has 1 aromatic rings. The molecule has 0 aromatic carbocycles. The molecule has 1 N–H and O–H groups in total. The molecule has 0 unspecified atom stereocenters. The van der Waals surface area contributed by atoms with E-state index < -0.39 is 18.4 Å². The molecule has 3 nitrogen and oxygen atoms in total. The normalized spacial score (nSPS) is 11.8. The molecule has 116 valence electrons. The second-order valence-electron chi connectivity index (χ2n) is 6.02. The van der Waals surface area contributed by atoms with Gasteiger partial charge in [0.1, 0.15) is 0 Å². The van der Waals surface area contributed by atoms with Crippen LogP contribution in [-0.4, -0.2) is 33.2 Å². The molecule has 0 radical (unpaired) electrons. The monoisotopic (exact) mass is 388 g/mol. The van der Waals surface area contributed by atoms with E-state index in [0.717, 1.165) is 10.5 Å². The number of aromatic nitrogens is 2. The van der Waals surface area contributed by atoms with E-state index in [9.17, 15) is 0 Å². The van der Waals surface area contributed by atoms with Crippen molar-refractivity contribution >= 4 is 18.4 Å². The first-order valence-electron chi connectivity index (χ1n) is 8.38. The topological polar surface area (TPSA) is 37.9 Å². The molecule has 0 saturated heterocycles. The summed E-state index contributed by atoms with van der Waals surface area (Å²) in [5, 5.41) is 6.92. The van der Waals surface area contributed by atoms with Crippen LogP contribution in [0.1, 0.15) is 59.3 Å². The Balaban J connectivity index is 2.64. The number of nitrogens with one attached hydrogen (secondary N) is 1. The number of ether oxygens (including phenoxy) is 1. The first-order chi connectivity index (χ1) is 9.76. The molecule has 0 aliphatic heterocycles. The SMILES string of the molecule is CCC[CH2][Sn]([CH2]CCC)([CH2]CCC)[CH2]Oc1ccn[nH]1. The first kappa shape index (κ1) is 17.9. The maximum absolute atomic E-state index is 6.08. The van der Waals surface area contributed by atoms with Gasteiger partial charge in [0.05, 0.1) is 0 Å². The van der Waals surface area contributed by atoms with Crippen LogP contribution in [-0.2, 0) is 0 Å². The van der Waals surface area contributed by atoms with Crippen molar-refractivity contribution in [2.45, 2.75) is 72.6 Å². The fourth-order valence-electron chi connectivity index (χ4n) is 2.80. The Morgan fingerprint density at radius 1 is 1.00 bits per heavy atom. The van der Waals surface area contributed by atoms with Crippen LogP contribution in [0, 0.1) is 0 Å². The Bertz CT molecular complexity index is 305. The van der Waals surface area contributed by atoms with Gasteiger partial charge < -0.3 is 0 Å². The first-order valence-corrected chi connectivity index (χ1v) is 16.5. The Labute approximate surface area is 128 Å². The second-order valence-corrected chi connectivity index (χ2v) is 19.7. The van der Waals surface area contributed by atoms with E-state index in [1.165, 1.54) is 51.8 Å². The predicted octanol–water partition coefficient (Wildman–Crippen LogP) is 5.18. The summed E-state index contributed by atoms with van der Waals surface area (Å²) in [6.45, 7) is 6.93. The third-order valence-electron chi connectivity index (χ3n) is 4.19. The number of aromatic amines is 1. The molecule has 0 spiro atoms. The van der Waals surface area contributed by atoms with Gasteiger partial charge in [-0.25, -0.2) is 0 Å². The summed E-state index contributed by atoms with van der Waals surface area (Å²) >= 11 is -2.12. The van der Waals surface area contributed by atoms with Crippen LogP contribution in [0.15, 0.2) is 12.3 Å². The van der Waals surface area contributed by atoms with Gasteiger partial charge in [0.2, 0.25) is 0 Å². The van der Waals surface area contributed by atoms with Gasteiger partial charge in [0, 0.05) is 0 Å². The van der Waals surface area contributed by atoms with Gasteiger partial charge in [-0.05, 0) is 0 Å². The predicted molar refractivity (Wildman–Crippen MR) is 89.0 cm³/mol. The van der Waals surface area contributed by atoms with E-state index in [4.69, 9.17) is 4.74 Å². The summed E-state index contributed by atoms with van der Waals surface area (Å²) in [6, 6.07) is 1.94. The van der Waals surface area contributed by atoms with Crippen molar-refractivity contribution in [3.8, 4) is 5.88 Å². The van der Waals surface area contributed by atoms with Gasteiger partial charge in [-0.15, -0.1) is 0 Å². The van der Waals surface area contributed by atoms with E-state index in [-0.39, 0.29) is 0 Å². The van der Waals surface area contributed by atoms with E-state index in [2.05, 4.69) is 31.0 Å². The van der Waals surface area contributed by atoms with Crippen molar-refractivity contribution in [3.05, 3.63) is 12.3 Å². The molecule has 0 amide bonds. The van der Waals surface area contributed by atoms with Crippen molar-refractivity contribution in [3.63, 3.8) is 0 Å². The molecule has 20 heavy (non-hydrogen) atoms. The quantitative estimate of drug-likeness (QED) is 0.502. The average Bonchev–Trinajstić information content (AvgIpc) is 2.99. The molecule has 1 rings (SSSR count). The molecule has 0 bridgehead atoms.